The molecule has 4 nitrogen and oxygen atoms in total. The lowest BCUT2D eigenvalue weighted by Crippen LogP contribution is -2.35. The van der Waals surface area contributed by atoms with Crippen LogP contribution in [0.1, 0.15) is 12.0 Å². The molecule has 0 saturated carbocycles. The third kappa shape index (κ3) is 1.76. The second-order valence-corrected chi connectivity index (χ2v) is 4.02. The van der Waals surface area contributed by atoms with Gasteiger partial charge in [-0.15, -0.1) is 0 Å². The number of likely N-dealkylation sites (tertiary alicyclic amines) is 1. The zero-order chi connectivity index (χ0) is 11.6. The lowest BCUT2D eigenvalue weighted by molar-refractivity contribution is -0.00482. The summed E-state index contributed by atoms with van der Waals surface area (Å²) >= 11 is 0. The first-order valence-corrected chi connectivity index (χ1v) is 5.26. The van der Waals surface area contributed by atoms with Gasteiger partial charge in [-0.3, -0.25) is 0 Å². The molecule has 2 rings (SSSR count). The topological polar surface area (TPSA) is 49.8 Å². The molecule has 16 heavy (non-hydrogen) atoms. The highest BCUT2D eigenvalue weighted by molar-refractivity contribution is 5.65. The molecular weight excluding hydrogens is 206 g/mol. The van der Waals surface area contributed by atoms with Crippen LogP contribution in [0.5, 0.6) is 0 Å². The monoisotopic (exact) mass is 221 g/mol. The number of benzene rings is 1. The number of nitrogens with zero attached hydrogens (tertiary/aromatic N) is 1. The molecule has 0 bridgehead atoms. The second kappa shape index (κ2) is 4.14. The highest BCUT2D eigenvalue weighted by Crippen LogP contribution is 2.35. The van der Waals surface area contributed by atoms with Gasteiger partial charge in [0, 0.05) is 20.1 Å². The van der Waals surface area contributed by atoms with Crippen LogP contribution in [0.3, 0.4) is 0 Å². The van der Waals surface area contributed by atoms with Gasteiger partial charge in [0.1, 0.15) is 5.60 Å². The molecule has 1 N–H and O–H groups in total. The van der Waals surface area contributed by atoms with Crippen LogP contribution in [0.25, 0.3) is 0 Å². The van der Waals surface area contributed by atoms with Gasteiger partial charge in [0.2, 0.25) is 0 Å². The number of methoxy groups -OCH3 is 1. The van der Waals surface area contributed by atoms with Crippen molar-refractivity contribution in [3.05, 3.63) is 35.9 Å². The molecule has 0 spiro atoms. The van der Waals surface area contributed by atoms with Crippen LogP contribution in [0, 0.1) is 0 Å². The van der Waals surface area contributed by atoms with E-state index >= 15 is 0 Å². The summed E-state index contributed by atoms with van der Waals surface area (Å²) in [5.41, 5.74) is 0.570. The molecule has 1 atom stereocenters. The predicted molar refractivity (Wildman–Crippen MR) is 59.3 cm³/mol. The Bertz CT molecular complexity index is 379. The van der Waals surface area contributed by atoms with Crippen LogP contribution >= 0.6 is 0 Å². The van der Waals surface area contributed by atoms with Crippen LogP contribution in [0.15, 0.2) is 30.3 Å². The third-order valence-corrected chi connectivity index (χ3v) is 3.19. The number of ether oxygens (including phenoxy) is 1. The Morgan fingerprint density at radius 1 is 1.44 bits per heavy atom. The summed E-state index contributed by atoms with van der Waals surface area (Å²) in [5, 5.41) is 8.96. The average Bonchev–Trinajstić information content (AvgIpc) is 2.76. The summed E-state index contributed by atoms with van der Waals surface area (Å²) in [5.74, 6) is 0. The van der Waals surface area contributed by atoms with Gasteiger partial charge < -0.3 is 14.7 Å². The molecule has 1 amide bonds. The molecule has 1 unspecified atom stereocenters. The van der Waals surface area contributed by atoms with E-state index in [1.807, 2.05) is 30.3 Å². The Hall–Kier alpha value is -1.55. The number of carboxylic acid groups (broad SMARTS) is 1. The molecule has 1 heterocycles. The molecule has 4 heteroatoms. The van der Waals surface area contributed by atoms with Crippen LogP contribution in [0.4, 0.5) is 4.79 Å². The largest absolute Gasteiger partial charge is 0.465 e. The maximum Gasteiger partial charge on any atom is 0.407 e. The van der Waals surface area contributed by atoms with Crippen LogP contribution in [-0.4, -0.2) is 36.3 Å². The number of amides is 1. The Morgan fingerprint density at radius 2 is 2.12 bits per heavy atom. The van der Waals surface area contributed by atoms with Crippen molar-refractivity contribution in [2.45, 2.75) is 12.0 Å². The third-order valence-electron chi connectivity index (χ3n) is 3.19. The van der Waals surface area contributed by atoms with Crippen molar-refractivity contribution in [2.24, 2.45) is 0 Å². The Morgan fingerprint density at radius 3 is 2.62 bits per heavy atom. The minimum atomic E-state index is -0.880. The van der Waals surface area contributed by atoms with Crippen LogP contribution in [-0.2, 0) is 10.3 Å². The van der Waals surface area contributed by atoms with Crippen LogP contribution < -0.4 is 0 Å². The van der Waals surface area contributed by atoms with Crippen molar-refractivity contribution >= 4 is 6.09 Å². The zero-order valence-electron chi connectivity index (χ0n) is 9.22. The van der Waals surface area contributed by atoms with Gasteiger partial charge in [-0.1, -0.05) is 30.3 Å². The van der Waals surface area contributed by atoms with Gasteiger partial charge in [-0.2, -0.15) is 0 Å². The molecular formula is C12H15NO3. The number of carbonyl (C=O) groups is 1. The predicted octanol–water partition coefficient (Wildman–Crippen LogP) is 1.91. The maximum absolute atomic E-state index is 10.9. The fourth-order valence-electron chi connectivity index (χ4n) is 2.21. The van der Waals surface area contributed by atoms with E-state index in [0.29, 0.717) is 19.5 Å². The minimum Gasteiger partial charge on any atom is -0.465 e. The average molecular weight is 221 g/mol. The molecule has 0 aliphatic carbocycles. The van der Waals surface area contributed by atoms with Gasteiger partial charge in [0.15, 0.2) is 0 Å². The van der Waals surface area contributed by atoms with E-state index in [4.69, 9.17) is 9.84 Å². The van der Waals surface area contributed by atoms with E-state index < -0.39 is 11.7 Å². The van der Waals surface area contributed by atoms with E-state index in [1.54, 1.807) is 7.11 Å². The van der Waals surface area contributed by atoms with Gasteiger partial charge in [0.25, 0.3) is 0 Å². The fraction of sp³-hybridized carbons (Fsp3) is 0.417. The molecule has 0 radical (unpaired) electrons. The fourth-order valence-corrected chi connectivity index (χ4v) is 2.21. The summed E-state index contributed by atoms with van der Waals surface area (Å²) in [6, 6.07) is 9.79. The van der Waals surface area contributed by atoms with Crippen molar-refractivity contribution in [2.75, 3.05) is 20.2 Å². The molecule has 1 aliphatic heterocycles. The van der Waals surface area contributed by atoms with E-state index in [-0.39, 0.29) is 0 Å². The van der Waals surface area contributed by atoms with Crippen LogP contribution in [0.2, 0.25) is 0 Å². The summed E-state index contributed by atoms with van der Waals surface area (Å²) in [6.45, 7) is 0.931. The van der Waals surface area contributed by atoms with E-state index in [1.165, 1.54) is 4.90 Å². The summed E-state index contributed by atoms with van der Waals surface area (Å²) < 4.78 is 5.56. The second-order valence-electron chi connectivity index (χ2n) is 4.02. The highest BCUT2D eigenvalue weighted by atomic mass is 16.5. The normalized spacial score (nSPS) is 24.7. The summed E-state index contributed by atoms with van der Waals surface area (Å²) in [4.78, 5) is 12.3. The standard InChI is InChI=1S/C12H15NO3/c1-16-12(10-5-3-2-4-6-10)7-8-13(9-12)11(14)15/h2-6H,7-9H2,1H3,(H,14,15). The maximum atomic E-state index is 10.9. The van der Waals surface area contributed by atoms with Crippen molar-refractivity contribution in [3.63, 3.8) is 0 Å². The first kappa shape index (κ1) is 11.0. The Balaban J connectivity index is 2.26. The number of rotatable bonds is 2. The molecule has 1 fully saturated rings. The summed E-state index contributed by atoms with van der Waals surface area (Å²) in [7, 11) is 1.64. The smallest absolute Gasteiger partial charge is 0.407 e. The molecule has 1 aromatic rings. The Kier molecular flexibility index (Phi) is 2.83. The van der Waals surface area contributed by atoms with Gasteiger partial charge >= 0.3 is 6.09 Å². The van der Waals surface area contributed by atoms with E-state index in [2.05, 4.69) is 0 Å². The van der Waals surface area contributed by atoms with E-state index in [9.17, 15) is 4.79 Å². The molecule has 1 aliphatic rings. The Labute approximate surface area is 94.4 Å². The van der Waals surface area contributed by atoms with Crippen molar-refractivity contribution in [1.82, 2.24) is 4.90 Å². The van der Waals surface area contributed by atoms with Crippen molar-refractivity contribution in [1.29, 1.82) is 0 Å². The first-order valence-electron chi connectivity index (χ1n) is 5.26. The van der Waals surface area contributed by atoms with Crippen molar-refractivity contribution in [3.8, 4) is 0 Å². The number of hydrogen-bond donors (Lipinski definition) is 1. The first-order chi connectivity index (χ1) is 7.68. The lowest BCUT2D eigenvalue weighted by atomic mass is 9.93. The van der Waals surface area contributed by atoms with Gasteiger partial charge in [0.05, 0.1) is 6.54 Å². The molecule has 86 valence electrons. The SMILES string of the molecule is COC1(c2ccccc2)CCN(C(=O)O)C1. The molecule has 1 aromatic carbocycles. The highest BCUT2D eigenvalue weighted by Gasteiger charge is 2.41. The molecule has 1 saturated heterocycles. The van der Waals surface area contributed by atoms with Gasteiger partial charge in [-0.05, 0) is 5.56 Å². The summed E-state index contributed by atoms with van der Waals surface area (Å²) in [6.07, 6.45) is -0.172. The number of hydrogen-bond acceptors (Lipinski definition) is 2. The minimum absolute atomic E-state index is 0.406. The quantitative estimate of drug-likeness (QED) is 0.830. The van der Waals surface area contributed by atoms with Gasteiger partial charge in [-0.25, -0.2) is 4.79 Å². The van der Waals surface area contributed by atoms with Crippen molar-refractivity contribution < 1.29 is 14.6 Å². The molecule has 0 aromatic heterocycles. The lowest BCUT2D eigenvalue weighted by Gasteiger charge is -2.27. The van der Waals surface area contributed by atoms with E-state index in [0.717, 1.165) is 5.56 Å². The zero-order valence-corrected chi connectivity index (χ0v) is 9.22.